The number of unbranched alkanes of at least 4 members (excludes halogenated alkanes) is 5. The van der Waals surface area contributed by atoms with Gasteiger partial charge in [0.05, 0.1) is 0 Å². The van der Waals surface area contributed by atoms with E-state index in [0.717, 1.165) is 6.42 Å². The van der Waals surface area contributed by atoms with Gasteiger partial charge < -0.3 is 0 Å². The van der Waals surface area contributed by atoms with Gasteiger partial charge in [-0.1, -0.05) is 57.2 Å². The van der Waals surface area contributed by atoms with E-state index in [9.17, 15) is 0 Å². The van der Waals surface area contributed by atoms with Gasteiger partial charge in [0.25, 0.3) is 0 Å². The van der Waals surface area contributed by atoms with Crippen LogP contribution in [0.2, 0.25) is 0 Å². The van der Waals surface area contributed by atoms with Gasteiger partial charge in [0.1, 0.15) is 0 Å². The molecule has 0 spiro atoms. The maximum atomic E-state index is 3.87. The Morgan fingerprint density at radius 1 is 0.938 bits per heavy atom. The van der Waals surface area contributed by atoms with E-state index in [1.165, 1.54) is 55.2 Å². The largest absolute Gasteiger partial charge is 0.0617 e. The van der Waals surface area contributed by atoms with Crippen molar-refractivity contribution in [2.75, 3.05) is 0 Å². The summed E-state index contributed by atoms with van der Waals surface area (Å²) < 4.78 is 0. The zero-order valence-corrected chi connectivity index (χ0v) is 10.9. The molecule has 0 saturated carbocycles. The molecule has 0 heteroatoms. The van der Waals surface area contributed by atoms with Crippen molar-refractivity contribution in [2.45, 2.75) is 58.8 Å². The summed E-state index contributed by atoms with van der Waals surface area (Å²) in [4.78, 5) is 0. The molecule has 0 fully saturated rings. The highest BCUT2D eigenvalue weighted by Gasteiger charge is 2.00. The molecule has 0 heterocycles. The van der Waals surface area contributed by atoms with E-state index < -0.39 is 0 Å². The highest BCUT2D eigenvalue weighted by molar-refractivity contribution is 5.33. The Hall–Kier alpha value is -0.780. The number of hydrogen-bond acceptors (Lipinski definition) is 0. The Morgan fingerprint density at radius 3 is 2.38 bits per heavy atom. The summed E-state index contributed by atoms with van der Waals surface area (Å²) in [6.07, 6.45) is 9.07. The summed E-state index contributed by atoms with van der Waals surface area (Å²) in [5.74, 6) is 0. The third-order valence-electron chi connectivity index (χ3n) is 3.41. The standard InChI is InChI=1S/C16H25/c1-4-5-6-7-8-9-12-16-13-10-11-14(2)15(16)3/h10-11,13H,1,4-9,12H2,2-3H3. The Kier molecular flexibility index (Phi) is 6.22. The second-order valence-electron chi connectivity index (χ2n) is 4.73. The minimum atomic E-state index is 1.09. The van der Waals surface area contributed by atoms with Gasteiger partial charge in [0.2, 0.25) is 0 Å². The third kappa shape index (κ3) is 4.38. The SMILES string of the molecule is [CH2]CCCCCCCc1cccc(C)c1C. The number of rotatable bonds is 7. The van der Waals surface area contributed by atoms with Gasteiger partial charge in [-0.05, 0) is 43.4 Å². The van der Waals surface area contributed by atoms with Crippen LogP contribution in [0.15, 0.2) is 18.2 Å². The van der Waals surface area contributed by atoms with Crippen LogP contribution in [0.4, 0.5) is 0 Å². The third-order valence-corrected chi connectivity index (χ3v) is 3.41. The minimum Gasteiger partial charge on any atom is -0.0617 e. The van der Waals surface area contributed by atoms with Crippen molar-refractivity contribution in [3.63, 3.8) is 0 Å². The Bertz CT molecular complexity index is 299. The lowest BCUT2D eigenvalue weighted by Crippen LogP contribution is -1.92. The summed E-state index contributed by atoms with van der Waals surface area (Å²) >= 11 is 0. The fourth-order valence-corrected chi connectivity index (χ4v) is 2.11. The van der Waals surface area contributed by atoms with E-state index in [2.05, 4.69) is 39.0 Å². The lowest BCUT2D eigenvalue weighted by molar-refractivity contribution is 0.616. The molecule has 1 radical (unpaired) electrons. The predicted octanol–water partition coefficient (Wildman–Crippen LogP) is 5.02. The van der Waals surface area contributed by atoms with E-state index in [-0.39, 0.29) is 0 Å². The Labute approximate surface area is 101 Å². The molecule has 89 valence electrons. The minimum absolute atomic E-state index is 1.09. The molecule has 0 aliphatic rings. The summed E-state index contributed by atoms with van der Waals surface area (Å²) in [6, 6.07) is 6.66. The van der Waals surface area contributed by atoms with Gasteiger partial charge in [-0.3, -0.25) is 0 Å². The fraction of sp³-hybridized carbons (Fsp3) is 0.562. The molecule has 0 atom stereocenters. The molecule has 1 aromatic carbocycles. The molecule has 0 aliphatic heterocycles. The molecule has 0 N–H and O–H groups in total. The number of aryl methyl sites for hydroxylation is 2. The average Bonchev–Trinajstić information content (AvgIpc) is 2.29. The van der Waals surface area contributed by atoms with E-state index in [1.807, 2.05) is 0 Å². The zero-order chi connectivity index (χ0) is 11.8. The van der Waals surface area contributed by atoms with Crippen molar-refractivity contribution in [2.24, 2.45) is 0 Å². The van der Waals surface area contributed by atoms with Crippen molar-refractivity contribution in [3.05, 3.63) is 41.8 Å². The van der Waals surface area contributed by atoms with Crippen LogP contribution in [0.1, 0.15) is 55.2 Å². The van der Waals surface area contributed by atoms with Gasteiger partial charge in [-0.15, -0.1) is 0 Å². The van der Waals surface area contributed by atoms with E-state index in [0.29, 0.717) is 0 Å². The van der Waals surface area contributed by atoms with E-state index in [4.69, 9.17) is 0 Å². The molecule has 0 aliphatic carbocycles. The monoisotopic (exact) mass is 217 g/mol. The van der Waals surface area contributed by atoms with Gasteiger partial charge in [-0.2, -0.15) is 0 Å². The second kappa shape index (κ2) is 7.49. The van der Waals surface area contributed by atoms with Crippen LogP contribution in [-0.4, -0.2) is 0 Å². The molecule has 0 nitrogen and oxygen atoms in total. The van der Waals surface area contributed by atoms with Crippen LogP contribution < -0.4 is 0 Å². The lowest BCUT2D eigenvalue weighted by Gasteiger charge is -2.08. The number of hydrogen-bond donors (Lipinski definition) is 0. The maximum absolute atomic E-state index is 3.87. The van der Waals surface area contributed by atoms with E-state index >= 15 is 0 Å². The highest BCUT2D eigenvalue weighted by Crippen LogP contribution is 2.16. The lowest BCUT2D eigenvalue weighted by atomic mass is 9.98. The first-order chi connectivity index (χ1) is 7.75. The van der Waals surface area contributed by atoms with Gasteiger partial charge in [-0.25, -0.2) is 0 Å². The molecule has 1 aromatic rings. The molecule has 0 amide bonds. The van der Waals surface area contributed by atoms with Gasteiger partial charge in [0, 0.05) is 0 Å². The first kappa shape index (κ1) is 13.3. The topological polar surface area (TPSA) is 0 Å². The molecule has 1 rings (SSSR count). The van der Waals surface area contributed by atoms with E-state index in [1.54, 1.807) is 0 Å². The first-order valence-electron chi connectivity index (χ1n) is 6.60. The van der Waals surface area contributed by atoms with Crippen molar-refractivity contribution in [3.8, 4) is 0 Å². The molecule has 0 saturated heterocycles. The van der Waals surface area contributed by atoms with Crippen LogP contribution in [0, 0.1) is 20.8 Å². The number of benzene rings is 1. The quantitative estimate of drug-likeness (QED) is 0.562. The van der Waals surface area contributed by atoms with Gasteiger partial charge in [0.15, 0.2) is 0 Å². The molecule has 16 heavy (non-hydrogen) atoms. The highest BCUT2D eigenvalue weighted by atomic mass is 14.1. The summed E-state index contributed by atoms with van der Waals surface area (Å²) in [7, 11) is 0. The first-order valence-corrected chi connectivity index (χ1v) is 6.60. The average molecular weight is 217 g/mol. The zero-order valence-electron chi connectivity index (χ0n) is 10.9. The van der Waals surface area contributed by atoms with Crippen molar-refractivity contribution in [1.29, 1.82) is 0 Å². The molecule has 0 unspecified atom stereocenters. The molecular formula is C16H25. The molecule has 0 aromatic heterocycles. The van der Waals surface area contributed by atoms with Crippen molar-refractivity contribution in [1.82, 2.24) is 0 Å². The maximum Gasteiger partial charge on any atom is -0.0276 e. The summed E-state index contributed by atoms with van der Waals surface area (Å²) in [5.41, 5.74) is 4.45. The van der Waals surface area contributed by atoms with Crippen LogP contribution >= 0.6 is 0 Å². The normalized spacial score (nSPS) is 10.7. The molecular weight excluding hydrogens is 192 g/mol. The summed E-state index contributed by atoms with van der Waals surface area (Å²) in [6.45, 7) is 8.32. The molecule has 0 bridgehead atoms. The summed E-state index contributed by atoms with van der Waals surface area (Å²) in [5, 5.41) is 0. The van der Waals surface area contributed by atoms with Crippen molar-refractivity contribution >= 4 is 0 Å². The Morgan fingerprint density at radius 2 is 1.62 bits per heavy atom. The Balaban J connectivity index is 2.24. The van der Waals surface area contributed by atoms with Gasteiger partial charge >= 0.3 is 0 Å². The van der Waals surface area contributed by atoms with Crippen LogP contribution in [0.5, 0.6) is 0 Å². The van der Waals surface area contributed by atoms with Crippen molar-refractivity contribution < 1.29 is 0 Å². The predicted molar refractivity (Wildman–Crippen MR) is 72.7 cm³/mol. The van der Waals surface area contributed by atoms with Crippen LogP contribution in [-0.2, 0) is 6.42 Å². The van der Waals surface area contributed by atoms with Crippen LogP contribution in [0.3, 0.4) is 0 Å². The van der Waals surface area contributed by atoms with Crippen LogP contribution in [0.25, 0.3) is 0 Å². The smallest absolute Gasteiger partial charge is 0.0276 e. The fourth-order valence-electron chi connectivity index (χ4n) is 2.11. The second-order valence-corrected chi connectivity index (χ2v) is 4.73.